The molecule has 5 aromatic carbocycles. The van der Waals surface area contributed by atoms with Gasteiger partial charge in [-0.1, -0.05) is 404 Å². The van der Waals surface area contributed by atoms with Crippen LogP contribution in [-0.2, 0) is 55.0 Å². The molecule has 24 heteroatoms. The molecule has 0 amide bonds. The third-order valence-electron chi connectivity index (χ3n) is 19.3. The van der Waals surface area contributed by atoms with Gasteiger partial charge in [0.1, 0.15) is 6.29 Å². The van der Waals surface area contributed by atoms with Crippen LogP contribution in [0.5, 0.6) is 0 Å². The fraction of sp³-hybridized carbons (Fsp3) is 0.675. The Hall–Kier alpha value is -3.93. The van der Waals surface area contributed by atoms with E-state index in [4.69, 9.17) is 0 Å². The van der Waals surface area contributed by atoms with E-state index in [9.17, 15) is 19.2 Å². The van der Waals surface area contributed by atoms with Gasteiger partial charge < -0.3 is 18.0 Å². The van der Waals surface area contributed by atoms with Crippen LogP contribution in [0, 0.1) is 0 Å². The molecule has 1 N–H and O–H groups in total. The molecule has 10 rings (SSSR count). The number of allylic oxidation sites excluding steroid dienone is 2. The molecule has 0 bridgehead atoms. The minimum Gasteiger partial charge on any atom is -0.793 e. The van der Waals surface area contributed by atoms with Gasteiger partial charge in [0.25, 0.3) is 0 Å². The summed E-state index contributed by atoms with van der Waals surface area (Å²) in [6.07, 6.45) is 14.0. The van der Waals surface area contributed by atoms with Gasteiger partial charge in [0.15, 0.2) is 0 Å². The van der Waals surface area contributed by atoms with Crippen molar-refractivity contribution in [1.82, 2.24) is 49.4 Å². The molecule has 0 saturated carbocycles. The van der Waals surface area contributed by atoms with Crippen LogP contribution in [0.1, 0.15) is 307 Å². The van der Waals surface area contributed by atoms with Gasteiger partial charge in [-0.2, -0.15) is 58.8 Å². The molecule has 5 saturated heterocycles. The van der Waals surface area contributed by atoms with Gasteiger partial charge in [-0.15, -0.1) is 13.2 Å². The number of hydrogen-bond acceptors (Lipinski definition) is 22. The molecule has 5 aliphatic rings. The van der Waals surface area contributed by atoms with Gasteiger partial charge in [0, 0.05) is 269 Å². The van der Waals surface area contributed by atoms with Crippen molar-refractivity contribution in [1.29, 1.82) is 0 Å². The summed E-state index contributed by atoms with van der Waals surface area (Å²) in [5.74, 6) is 4.53. The second kappa shape index (κ2) is 103. The average Bonchev–Trinajstić information content (AvgIpc) is 0.896. The maximum absolute atomic E-state index is 10.0. The molecule has 5 aromatic rings. The number of nitrogens with one attached hydrogen (secondary N) is 1. The molecule has 17 nitrogen and oxygen atoms in total. The first-order valence-corrected chi connectivity index (χ1v) is 57.4. The Labute approximate surface area is 917 Å². The van der Waals surface area contributed by atoms with Gasteiger partial charge >= 0.3 is 41.5 Å². The molecule has 809 valence electrons. The van der Waals surface area contributed by atoms with E-state index < -0.39 is 17.9 Å². The summed E-state index contributed by atoms with van der Waals surface area (Å²) in [7, 11) is 4.32. The Morgan fingerprint density at radius 2 is 0.532 bits per heavy atom. The smallest absolute Gasteiger partial charge is 0.793 e. The maximum Gasteiger partial charge on any atom is 1.00 e. The number of rotatable bonds is 27. The van der Waals surface area contributed by atoms with Gasteiger partial charge in [-0.25, -0.2) is 19.4 Å². The van der Waals surface area contributed by atoms with Crippen LogP contribution in [0.25, 0.3) is 0 Å². The van der Waals surface area contributed by atoms with Crippen LogP contribution in [0.3, 0.4) is 0 Å². The van der Waals surface area contributed by atoms with E-state index in [1.807, 2.05) is 52.8 Å². The topological polar surface area (TPSA) is 137 Å². The summed E-state index contributed by atoms with van der Waals surface area (Å²) in [4.78, 5) is 70.1. The quantitative estimate of drug-likeness (QED) is 0.0175. The van der Waals surface area contributed by atoms with Crippen molar-refractivity contribution in [2.45, 2.75) is 324 Å². The molecular weight excluding hydrogens is 1850 g/mol. The van der Waals surface area contributed by atoms with Gasteiger partial charge in [0.05, 0.1) is 0 Å². The van der Waals surface area contributed by atoms with Crippen LogP contribution in [0.15, 0.2) is 177 Å². The minimum absolute atomic E-state index is 0. The molecule has 5 fully saturated rings. The number of carbonyl (C=O) groups excluding carboxylic acids is 4. The molecule has 5 aliphatic heterocycles. The number of thioether (sulfide) groups is 5. The van der Waals surface area contributed by atoms with Crippen LogP contribution < -0.4 is 34.9 Å². The summed E-state index contributed by atoms with van der Waals surface area (Å²) >= 11 is 10.4. The van der Waals surface area contributed by atoms with Gasteiger partial charge in [-0.05, 0) is 35.6 Å². The molecule has 0 unspecified atom stereocenters. The van der Waals surface area contributed by atoms with E-state index in [0.29, 0.717) is 23.7 Å². The first-order chi connectivity index (χ1) is 66.1. The number of carbonyl (C=O) groups is 4. The predicted octanol–water partition coefficient (Wildman–Crippen LogP) is 24.8. The predicted molar refractivity (Wildman–Crippen MR) is 635 cm³/mol. The van der Waals surface area contributed by atoms with Crippen molar-refractivity contribution in [3.63, 3.8) is 0 Å². The molecular formula is C117H215BN10NaO7S5. The standard InChI is InChI=1S/4C17H28N2S.C10H22N2S.C7H6O.C5H12.C5H10.C4H6O4.3C3H8.C2H3BO2.2C2H6.C2H4.CH4.Na/c4*1-17(2,3)20-14-13-18-9-11-19(12-10-18)15-16-7-5-4-6-8-16;1-10(2,3)13-9-8-12-6-4-11-5-7-12;8-6-7-4-2-1-3-5-7;2*1-3-5-4-2;1-3(5)7-8-4(2)6;3*1-3-2;1-2(4)5-3;3*1-2;;/h4*4-8H,9-15H2,1-3H3;11H,4-9H2,1-3H3;1-6H;3-5H2,1-2H3;3,5H,4H2,1-2H3;1-2H3;3*3H2,1-2H3;1H3;2*1-2H3;1-2H2;1H4;/q;;;;;;;;;;;;-1;;;;;+1/b;;;;;;;5-3+;;;;;;;;;;. The maximum atomic E-state index is 10.0. The molecule has 5 heterocycles. The normalized spacial score (nSPS) is 14.6. The van der Waals surface area contributed by atoms with E-state index in [2.05, 4.69) is 444 Å². The summed E-state index contributed by atoms with van der Waals surface area (Å²) in [6.45, 7) is 108. The van der Waals surface area contributed by atoms with E-state index in [0.717, 1.165) is 58.3 Å². The Kier molecular flexibility index (Phi) is 112. The van der Waals surface area contributed by atoms with Crippen molar-refractivity contribution in [3.05, 3.63) is 205 Å². The zero-order valence-corrected chi connectivity index (χ0v) is 102. The van der Waals surface area contributed by atoms with Crippen LogP contribution in [-0.4, -0.2) is 292 Å². The molecule has 0 aromatic heterocycles. The Morgan fingerprint density at radius 1 is 0.348 bits per heavy atom. The number of hydrogen-bond donors (Lipinski definition) is 1. The minimum atomic E-state index is -0.639. The number of unbranched alkanes of at least 4 members (excludes halogenated alkanes) is 2. The van der Waals surface area contributed by atoms with Crippen LogP contribution in [0.4, 0.5) is 0 Å². The number of nitrogens with zero attached hydrogens (tertiary/aromatic N) is 9. The third-order valence-corrected chi connectivity index (χ3v) is 25.6. The summed E-state index contributed by atoms with van der Waals surface area (Å²) in [5, 5.41) is 3.37. The van der Waals surface area contributed by atoms with Crippen LogP contribution >= 0.6 is 58.8 Å². The largest absolute Gasteiger partial charge is 1.00 e. The molecule has 3 radical (unpaired) electrons. The zero-order valence-electron chi connectivity index (χ0n) is 96.1. The van der Waals surface area contributed by atoms with Crippen molar-refractivity contribution in [2.75, 3.05) is 192 Å². The number of aldehydes is 1. The number of benzene rings is 5. The fourth-order valence-corrected chi connectivity index (χ4v) is 17.4. The van der Waals surface area contributed by atoms with Gasteiger partial charge in [0.2, 0.25) is 5.97 Å². The molecule has 0 atom stereocenters. The van der Waals surface area contributed by atoms with E-state index in [1.54, 1.807) is 12.1 Å². The van der Waals surface area contributed by atoms with Crippen molar-refractivity contribution in [3.8, 4) is 0 Å². The number of piperazine rings is 5. The first kappa shape index (κ1) is 152. The van der Waals surface area contributed by atoms with Crippen molar-refractivity contribution < 1.29 is 63.2 Å². The third kappa shape index (κ3) is 112. The summed E-state index contributed by atoms with van der Waals surface area (Å²) < 4.78 is 5.63. The zero-order chi connectivity index (χ0) is 106. The Morgan fingerprint density at radius 3 is 0.667 bits per heavy atom. The van der Waals surface area contributed by atoms with E-state index in [-0.39, 0.29) is 37.0 Å². The van der Waals surface area contributed by atoms with E-state index >= 15 is 0 Å². The first-order valence-electron chi connectivity index (χ1n) is 52.5. The monoisotopic (exact) mass is 2070 g/mol. The molecule has 141 heavy (non-hydrogen) atoms. The second-order valence-electron chi connectivity index (χ2n) is 38.5. The Balaban J connectivity index is -0.000000235. The van der Waals surface area contributed by atoms with Crippen LogP contribution in [0.2, 0.25) is 0 Å². The van der Waals surface area contributed by atoms with Gasteiger partial charge in [-0.3, -0.25) is 53.7 Å². The molecule has 0 spiro atoms. The van der Waals surface area contributed by atoms with Crippen molar-refractivity contribution >= 4 is 91.1 Å². The summed E-state index contributed by atoms with van der Waals surface area (Å²) in [5.41, 5.74) is 6.47. The van der Waals surface area contributed by atoms with Crippen molar-refractivity contribution in [2.24, 2.45) is 0 Å². The fourth-order valence-electron chi connectivity index (χ4n) is 12.6. The Bertz CT molecular complexity index is 3130. The average molecular weight is 2070 g/mol. The van der Waals surface area contributed by atoms with E-state index in [1.165, 1.54) is 260 Å². The second-order valence-corrected chi connectivity index (χ2v) is 48.2. The molecule has 0 aliphatic carbocycles. The SMILES string of the molecule is C.C/C=C/CC.C=C.CC.CC.CC(=O)OOC(C)=O.CC(C)(C)SCCN1CCN(Cc2ccccc2)CC1.CC(C)(C)SCCN1CCN(Cc2ccccc2)CC1.CC(C)(C)SCCN1CCN(Cc2ccccc2)CC1.CC(C)(C)SCCN1CCN(Cc2ccccc2)CC1.CC(C)(C)SCCN1CCNCC1.CCC.CCC.CCC.CCCCC.O=Cc1ccccc1.[B-]OC(C)=O.[Na+]. The summed E-state index contributed by atoms with van der Waals surface area (Å²) in [6, 6.07) is 52.4.